The van der Waals surface area contributed by atoms with Gasteiger partial charge in [0.05, 0.1) is 5.41 Å². The maximum absolute atomic E-state index is 12.8. The molecule has 0 unspecified atom stereocenters. The minimum atomic E-state index is -0.405. The standard InChI is InChI=1S/C21H25ClN4O/c1-25-9-11-26(12-10-25)19-13-16(5-8-23-19)15-24-20(27)21(6-7-21)17-3-2-4-18(22)14-17/h2-5,8,13-14H,6-7,9-12,15H2,1H3,(H,24,27). The number of rotatable bonds is 5. The molecule has 2 fully saturated rings. The highest BCUT2D eigenvalue weighted by molar-refractivity contribution is 6.30. The highest BCUT2D eigenvalue weighted by Gasteiger charge is 2.51. The lowest BCUT2D eigenvalue weighted by Gasteiger charge is -2.33. The van der Waals surface area contributed by atoms with Crippen molar-refractivity contribution in [2.24, 2.45) is 0 Å². The molecule has 0 radical (unpaired) electrons. The molecular weight excluding hydrogens is 360 g/mol. The first kappa shape index (κ1) is 18.3. The number of piperazine rings is 1. The normalized spacial score (nSPS) is 19.0. The van der Waals surface area contributed by atoms with Gasteiger partial charge in [0, 0.05) is 43.9 Å². The van der Waals surface area contributed by atoms with Crippen LogP contribution in [0.15, 0.2) is 42.6 Å². The van der Waals surface area contributed by atoms with Crippen LogP contribution in [0.4, 0.5) is 5.82 Å². The zero-order chi connectivity index (χ0) is 18.9. The first-order valence-electron chi connectivity index (χ1n) is 9.50. The van der Waals surface area contributed by atoms with Crippen LogP contribution in [-0.4, -0.2) is 49.0 Å². The number of nitrogens with one attached hydrogen (secondary N) is 1. The number of carbonyl (C=O) groups is 1. The van der Waals surface area contributed by atoms with Gasteiger partial charge in [0.2, 0.25) is 5.91 Å². The van der Waals surface area contributed by atoms with Crippen LogP contribution >= 0.6 is 11.6 Å². The monoisotopic (exact) mass is 384 g/mol. The molecule has 2 heterocycles. The summed E-state index contributed by atoms with van der Waals surface area (Å²) in [4.78, 5) is 22.0. The number of hydrogen-bond donors (Lipinski definition) is 1. The fourth-order valence-electron chi connectivity index (χ4n) is 3.69. The molecule has 1 aliphatic heterocycles. The second kappa shape index (κ2) is 7.49. The van der Waals surface area contributed by atoms with Gasteiger partial charge in [0.1, 0.15) is 5.82 Å². The Hall–Kier alpha value is -2.11. The molecular formula is C21H25ClN4O. The summed E-state index contributed by atoms with van der Waals surface area (Å²) >= 11 is 6.11. The van der Waals surface area contributed by atoms with Gasteiger partial charge in [0.15, 0.2) is 0 Å². The van der Waals surface area contributed by atoms with Gasteiger partial charge < -0.3 is 15.1 Å². The molecule has 1 aromatic carbocycles. The highest BCUT2D eigenvalue weighted by Crippen LogP contribution is 2.48. The number of anilines is 1. The molecule has 0 spiro atoms. The SMILES string of the molecule is CN1CCN(c2cc(CNC(=O)C3(c4cccc(Cl)c4)CC3)ccn2)CC1. The van der Waals surface area contributed by atoms with Crippen LogP contribution in [0.3, 0.4) is 0 Å². The summed E-state index contributed by atoms with van der Waals surface area (Å²) in [6, 6.07) is 11.7. The number of aromatic nitrogens is 1. The number of benzene rings is 1. The zero-order valence-electron chi connectivity index (χ0n) is 15.6. The van der Waals surface area contributed by atoms with E-state index in [9.17, 15) is 4.79 Å². The van der Waals surface area contributed by atoms with Crippen LogP contribution in [-0.2, 0) is 16.8 Å². The van der Waals surface area contributed by atoms with Crippen LogP contribution in [0.25, 0.3) is 0 Å². The first-order valence-corrected chi connectivity index (χ1v) is 9.87. The van der Waals surface area contributed by atoms with E-state index in [4.69, 9.17) is 11.6 Å². The molecule has 1 amide bonds. The predicted octanol–water partition coefficient (Wildman–Crippen LogP) is 2.83. The summed E-state index contributed by atoms with van der Waals surface area (Å²) in [6.45, 7) is 4.58. The van der Waals surface area contributed by atoms with E-state index in [0.717, 1.165) is 56.0 Å². The fourth-order valence-corrected chi connectivity index (χ4v) is 3.88. The van der Waals surface area contributed by atoms with Crippen molar-refractivity contribution in [3.8, 4) is 0 Å². The number of nitrogens with zero attached hydrogens (tertiary/aromatic N) is 3. The number of hydrogen-bond acceptors (Lipinski definition) is 4. The number of amides is 1. The van der Waals surface area contributed by atoms with Crippen molar-refractivity contribution in [2.75, 3.05) is 38.1 Å². The van der Waals surface area contributed by atoms with Gasteiger partial charge in [-0.2, -0.15) is 0 Å². The summed E-state index contributed by atoms with van der Waals surface area (Å²) in [6.07, 6.45) is 3.59. The fraction of sp³-hybridized carbons (Fsp3) is 0.429. The number of pyridine rings is 1. The van der Waals surface area contributed by atoms with Crippen molar-refractivity contribution >= 4 is 23.3 Å². The van der Waals surface area contributed by atoms with Crippen LogP contribution in [0.5, 0.6) is 0 Å². The van der Waals surface area contributed by atoms with Gasteiger partial charge in [-0.1, -0.05) is 23.7 Å². The minimum Gasteiger partial charge on any atom is -0.354 e. The maximum Gasteiger partial charge on any atom is 0.230 e. The van der Waals surface area contributed by atoms with Crippen LogP contribution in [0, 0.1) is 0 Å². The smallest absolute Gasteiger partial charge is 0.230 e. The van der Waals surface area contributed by atoms with E-state index in [0.29, 0.717) is 11.6 Å². The Bertz CT molecular complexity index is 828. The van der Waals surface area contributed by atoms with Crippen molar-refractivity contribution < 1.29 is 4.79 Å². The molecule has 0 bridgehead atoms. The van der Waals surface area contributed by atoms with E-state index in [2.05, 4.69) is 33.2 Å². The van der Waals surface area contributed by atoms with Gasteiger partial charge in [-0.15, -0.1) is 0 Å². The molecule has 1 saturated carbocycles. The third kappa shape index (κ3) is 3.94. The molecule has 27 heavy (non-hydrogen) atoms. The summed E-state index contributed by atoms with van der Waals surface area (Å²) in [5, 5.41) is 3.80. The van der Waals surface area contributed by atoms with Gasteiger partial charge >= 0.3 is 0 Å². The van der Waals surface area contributed by atoms with Crippen LogP contribution in [0.1, 0.15) is 24.0 Å². The van der Waals surface area contributed by atoms with Gasteiger partial charge in [-0.05, 0) is 55.3 Å². The van der Waals surface area contributed by atoms with E-state index in [1.807, 2.05) is 36.5 Å². The van der Waals surface area contributed by atoms with Crippen LogP contribution in [0.2, 0.25) is 5.02 Å². The third-order valence-electron chi connectivity index (χ3n) is 5.65. The van der Waals surface area contributed by atoms with E-state index in [1.54, 1.807) is 0 Å². The van der Waals surface area contributed by atoms with Crippen molar-refractivity contribution in [1.29, 1.82) is 0 Å². The number of halogens is 1. The molecule has 6 heteroatoms. The largest absolute Gasteiger partial charge is 0.354 e. The Morgan fingerprint density at radius 1 is 1.19 bits per heavy atom. The Morgan fingerprint density at radius 3 is 2.67 bits per heavy atom. The predicted molar refractivity (Wildman–Crippen MR) is 108 cm³/mol. The summed E-state index contributed by atoms with van der Waals surface area (Å²) in [7, 11) is 2.14. The summed E-state index contributed by atoms with van der Waals surface area (Å²) < 4.78 is 0. The maximum atomic E-state index is 12.8. The molecule has 5 nitrogen and oxygen atoms in total. The number of likely N-dealkylation sites (N-methyl/N-ethyl adjacent to an activating group) is 1. The van der Waals surface area contributed by atoms with Crippen molar-refractivity contribution in [3.05, 3.63) is 58.7 Å². The average molecular weight is 385 g/mol. The Balaban J connectivity index is 1.40. The lowest BCUT2D eigenvalue weighted by atomic mass is 9.95. The Kier molecular flexibility index (Phi) is 5.06. The molecule has 1 saturated heterocycles. The van der Waals surface area contributed by atoms with Crippen LogP contribution < -0.4 is 10.2 Å². The molecule has 4 rings (SSSR count). The quantitative estimate of drug-likeness (QED) is 0.861. The molecule has 142 valence electrons. The average Bonchev–Trinajstić information content (AvgIpc) is 3.49. The minimum absolute atomic E-state index is 0.0859. The second-order valence-corrected chi connectivity index (χ2v) is 8.02. The van der Waals surface area contributed by atoms with E-state index in [1.165, 1.54) is 0 Å². The van der Waals surface area contributed by atoms with Crippen molar-refractivity contribution in [2.45, 2.75) is 24.8 Å². The van der Waals surface area contributed by atoms with Gasteiger partial charge in [0.25, 0.3) is 0 Å². The van der Waals surface area contributed by atoms with Gasteiger partial charge in [-0.25, -0.2) is 4.98 Å². The van der Waals surface area contributed by atoms with E-state index >= 15 is 0 Å². The third-order valence-corrected chi connectivity index (χ3v) is 5.89. The van der Waals surface area contributed by atoms with E-state index in [-0.39, 0.29) is 5.91 Å². The Labute approximate surface area is 165 Å². The molecule has 1 N–H and O–H groups in total. The number of carbonyl (C=O) groups excluding carboxylic acids is 1. The molecule has 1 aromatic heterocycles. The van der Waals surface area contributed by atoms with Crippen molar-refractivity contribution in [1.82, 2.24) is 15.2 Å². The highest BCUT2D eigenvalue weighted by atomic mass is 35.5. The zero-order valence-corrected chi connectivity index (χ0v) is 16.4. The van der Waals surface area contributed by atoms with Gasteiger partial charge in [-0.3, -0.25) is 4.79 Å². The summed E-state index contributed by atoms with van der Waals surface area (Å²) in [5.74, 6) is 1.08. The second-order valence-electron chi connectivity index (χ2n) is 7.59. The summed E-state index contributed by atoms with van der Waals surface area (Å²) in [5.41, 5.74) is 1.69. The molecule has 0 atom stereocenters. The topological polar surface area (TPSA) is 48.5 Å². The van der Waals surface area contributed by atoms with E-state index < -0.39 is 5.41 Å². The molecule has 2 aliphatic rings. The molecule has 2 aromatic rings. The lowest BCUT2D eigenvalue weighted by Crippen LogP contribution is -2.44. The molecule has 1 aliphatic carbocycles. The first-order chi connectivity index (χ1) is 13.1. The Morgan fingerprint density at radius 2 is 1.96 bits per heavy atom. The lowest BCUT2D eigenvalue weighted by molar-refractivity contribution is -0.123. The van der Waals surface area contributed by atoms with Crippen molar-refractivity contribution in [3.63, 3.8) is 0 Å².